The molecule has 1 heterocycles. The fourth-order valence-electron chi connectivity index (χ4n) is 2.82. The number of aliphatic hydroxyl groups excluding tert-OH is 1. The summed E-state index contributed by atoms with van der Waals surface area (Å²) in [6.07, 6.45) is 7.72. The van der Waals surface area contributed by atoms with Crippen LogP contribution in [0.3, 0.4) is 0 Å². The monoisotopic (exact) mass is 271 g/mol. The van der Waals surface area contributed by atoms with E-state index in [0.29, 0.717) is 11.8 Å². The van der Waals surface area contributed by atoms with E-state index >= 15 is 0 Å². The molecule has 0 amide bonds. The standard InChI is InChI=1S/C15H31NO.C2H6/c1-4-5-6-7-10-16-11-8-14(9-12-16)15(17)13(2)3;1-2/h13-15,17H,4-12H2,1-3H3;1-2H3. The molecule has 0 saturated carbocycles. The van der Waals surface area contributed by atoms with Crippen LogP contribution < -0.4 is 0 Å². The molecular formula is C17H37NO. The van der Waals surface area contributed by atoms with Gasteiger partial charge in [0.1, 0.15) is 0 Å². The van der Waals surface area contributed by atoms with E-state index in [0.717, 1.165) is 0 Å². The number of piperidine rings is 1. The van der Waals surface area contributed by atoms with Crippen LogP contribution in [0.15, 0.2) is 0 Å². The quantitative estimate of drug-likeness (QED) is 0.697. The van der Waals surface area contributed by atoms with Gasteiger partial charge in [0.25, 0.3) is 0 Å². The molecule has 19 heavy (non-hydrogen) atoms. The van der Waals surface area contributed by atoms with Gasteiger partial charge in [0, 0.05) is 0 Å². The van der Waals surface area contributed by atoms with E-state index in [-0.39, 0.29) is 6.10 Å². The Balaban J connectivity index is 0.00000154. The molecule has 0 bridgehead atoms. The van der Waals surface area contributed by atoms with Gasteiger partial charge in [-0.1, -0.05) is 53.9 Å². The Kier molecular flexibility index (Phi) is 11.7. The average Bonchev–Trinajstić information content (AvgIpc) is 2.45. The van der Waals surface area contributed by atoms with Crippen molar-refractivity contribution in [3.8, 4) is 0 Å². The molecule has 1 atom stereocenters. The number of rotatable bonds is 7. The molecule has 0 spiro atoms. The Morgan fingerprint density at radius 3 is 2.11 bits per heavy atom. The van der Waals surface area contributed by atoms with E-state index in [1.165, 1.54) is 58.2 Å². The van der Waals surface area contributed by atoms with Crippen LogP contribution >= 0.6 is 0 Å². The molecule has 1 rings (SSSR count). The topological polar surface area (TPSA) is 23.5 Å². The molecule has 0 radical (unpaired) electrons. The van der Waals surface area contributed by atoms with Crippen molar-refractivity contribution in [1.29, 1.82) is 0 Å². The van der Waals surface area contributed by atoms with Crippen molar-refractivity contribution >= 4 is 0 Å². The lowest BCUT2D eigenvalue weighted by molar-refractivity contribution is 0.0282. The first kappa shape index (κ1) is 18.9. The largest absolute Gasteiger partial charge is 0.393 e. The first-order valence-electron chi connectivity index (χ1n) is 8.55. The summed E-state index contributed by atoms with van der Waals surface area (Å²) in [6.45, 7) is 14.2. The Bertz CT molecular complexity index is 186. The summed E-state index contributed by atoms with van der Waals surface area (Å²) in [6, 6.07) is 0. The van der Waals surface area contributed by atoms with Gasteiger partial charge in [-0.3, -0.25) is 0 Å². The number of unbranched alkanes of at least 4 members (excludes halogenated alkanes) is 3. The van der Waals surface area contributed by atoms with E-state index in [9.17, 15) is 5.11 Å². The molecule has 1 N–H and O–H groups in total. The van der Waals surface area contributed by atoms with Crippen LogP contribution in [0.4, 0.5) is 0 Å². The molecule has 1 aliphatic rings. The van der Waals surface area contributed by atoms with Gasteiger partial charge in [-0.15, -0.1) is 0 Å². The van der Waals surface area contributed by atoms with Crippen LogP contribution in [0.25, 0.3) is 0 Å². The molecule has 2 nitrogen and oxygen atoms in total. The highest BCUT2D eigenvalue weighted by molar-refractivity contribution is 4.78. The van der Waals surface area contributed by atoms with Gasteiger partial charge < -0.3 is 10.0 Å². The fraction of sp³-hybridized carbons (Fsp3) is 1.00. The third kappa shape index (κ3) is 7.94. The van der Waals surface area contributed by atoms with E-state index in [4.69, 9.17) is 0 Å². The van der Waals surface area contributed by atoms with Gasteiger partial charge in [-0.2, -0.15) is 0 Å². The minimum absolute atomic E-state index is 0.0859. The van der Waals surface area contributed by atoms with Gasteiger partial charge in [0.15, 0.2) is 0 Å². The summed E-state index contributed by atoms with van der Waals surface area (Å²) in [5.74, 6) is 0.956. The van der Waals surface area contributed by atoms with Gasteiger partial charge in [0.2, 0.25) is 0 Å². The van der Waals surface area contributed by atoms with Crippen molar-refractivity contribution < 1.29 is 5.11 Å². The Labute approximate surface area is 121 Å². The highest BCUT2D eigenvalue weighted by atomic mass is 16.3. The van der Waals surface area contributed by atoms with Gasteiger partial charge >= 0.3 is 0 Å². The van der Waals surface area contributed by atoms with Crippen molar-refractivity contribution in [3.63, 3.8) is 0 Å². The summed E-state index contributed by atoms with van der Waals surface area (Å²) < 4.78 is 0. The zero-order chi connectivity index (χ0) is 14.7. The van der Waals surface area contributed by atoms with Crippen molar-refractivity contribution in [2.24, 2.45) is 11.8 Å². The highest BCUT2D eigenvalue weighted by Gasteiger charge is 2.26. The van der Waals surface area contributed by atoms with Crippen molar-refractivity contribution in [3.05, 3.63) is 0 Å². The molecule has 0 aromatic carbocycles. The molecule has 1 aliphatic heterocycles. The lowest BCUT2D eigenvalue weighted by Crippen LogP contribution is -2.39. The van der Waals surface area contributed by atoms with Crippen LogP contribution in [-0.4, -0.2) is 35.7 Å². The number of nitrogens with zero attached hydrogens (tertiary/aromatic N) is 1. The molecule has 1 unspecified atom stereocenters. The number of hydrogen-bond donors (Lipinski definition) is 1. The third-order valence-electron chi connectivity index (χ3n) is 4.13. The lowest BCUT2D eigenvalue weighted by atomic mass is 9.85. The summed E-state index contributed by atoms with van der Waals surface area (Å²) in [5.41, 5.74) is 0. The first-order chi connectivity index (χ1) is 9.15. The lowest BCUT2D eigenvalue weighted by Gasteiger charge is -2.35. The zero-order valence-corrected chi connectivity index (χ0v) is 14.0. The van der Waals surface area contributed by atoms with Crippen LogP contribution in [0.5, 0.6) is 0 Å². The average molecular weight is 271 g/mol. The molecule has 0 aliphatic carbocycles. The van der Waals surface area contributed by atoms with Crippen molar-refractivity contribution in [1.82, 2.24) is 4.90 Å². The van der Waals surface area contributed by atoms with Crippen LogP contribution in [0, 0.1) is 11.8 Å². The normalized spacial score (nSPS) is 19.1. The summed E-state index contributed by atoms with van der Waals surface area (Å²) in [5, 5.41) is 10.1. The minimum atomic E-state index is -0.0859. The molecule has 1 fully saturated rings. The van der Waals surface area contributed by atoms with E-state index in [2.05, 4.69) is 25.7 Å². The number of aliphatic hydroxyl groups is 1. The van der Waals surface area contributed by atoms with Crippen LogP contribution in [0.1, 0.15) is 73.1 Å². The minimum Gasteiger partial charge on any atom is -0.393 e. The van der Waals surface area contributed by atoms with E-state index < -0.39 is 0 Å². The predicted molar refractivity (Wildman–Crippen MR) is 85.5 cm³/mol. The van der Waals surface area contributed by atoms with E-state index in [1.54, 1.807) is 0 Å². The molecule has 1 saturated heterocycles. The Morgan fingerprint density at radius 1 is 1.05 bits per heavy atom. The van der Waals surface area contributed by atoms with Crippen LogP contribution in [0.2, 0.25) is 0 Å². The van der Waals surface area contributed by atoms with Crippen molar-refractivity contribution in [2.45, 2.75) is 79.2 Å². The maximum Gasteiger partial charge on any atom is 0.0592 e. The maximum atomic E-state index is 10.1. The van der Waals surface area contributed by atoms with Crippen LogP contribution in [-0.2, 0) is 0 Å². The summed E-state index contributed by atoms with van der Waals surface area (Å²) >= 11 is 0. The number of likely N-dealkylation sites (tertiary alicyclic amines) is 1. The number of hydrogen-bond acceptors (Lipinski definition) is 2. The van der Waals surface area contributed by atoms with Gasteiger partial charge in [-0.05, 0) is 50.7 Å². The highest BCUT2D eigenvalue weighted by Crippen LogP contribution is 2.24. The summed E-state index contributed by atoms with van der Waals surface area (Å²) in [7, 11) is 0. The Hall–Kier alpha value is -0.0800. The third-order valence-corrected chi connectivity index (χ3v) is 4.13. The molecule has 0 aromatic rings. The second kappa shape index (κ2) is 11.7. The smallest absolute Gasteiger partial charge is 0.0592 e. The second-order valence-corrected chi connectivity index (χ2v) is 5.97. The predicted octanol–water partition coefficient (Wildman–Crippen LogP) is 4.32. The zero-order valence-electron chi connectivity index (χ0n) is 14.0. The summed E-state index contributed by atoms with van der Waals surface area (Å²) in [4.78, 5) is 2.58. The second-order valence-electron chi connectivity index (χ2n) is 5.97. The maximum absolute atomic E-state index is 10.1. The molecule has 116 valence electrons. The van der Waals surface area contributed by atoms with Crippen molar-refractivity contribution in [2.75, 3.05) is 19.6 Å². The molecular weight excluding hydrogens is 234 g/mol. The van der Waals surface area contributed by atoms with E-state index in [1.807, 2.05) is 13.8 Å². The Morgan fingerprint density at radius 2 is 1.63 bits per heavy atom. The van der Waals surface area contributed by atoms with Gasteiger partial charge in [0.05, 0.1) is 6.10 Å². The first-order valence-corrected chi connectivity index (χ1v) is 8.55. The molecule has 0 aromatic heterocycles. The fourth-order valence-corrected chi connectivity index (χ4v) is 2.82. The van der Waals surface area contributed by atoms with Gasteiger partial charge in [-0.25, -0.2) is 0 Å². The molecule has 2 heteroatoms. The SMILES string of the molecule is CC.CCCCCCN1CCC(C(O)C(C)C)CC1.